The molecule has 0 heterocycles. The molecule has 0 fully saturated rings. The molecule has 0 aromatic heterocycles. The third-order valence-corrected chi connectivity index (χ3v) is 1.34. The van der Waals surface area contributed by atoms with E-state index in [0.717, 1.165) is 6.42 Å². The first-order valence-electron chi connectivity index (χ1n) is 4.32. The molecule has 0 rings (SSSR count). The van der Waals surface area contributed by atoms with Crippen LogP contribution >= 0.6 is 0 Å². The van der Waals surface area contributed by atoms with E-state index in [1.165, 1.54) is 0 Å². The number of amides is 2. The van der Waals surface area contributed by atoms with Crippen molar-refractivity contribution in [2.24, 2.45) is 0 Å². The highest BCUT2D eigenvalue weighted by Gasteiger charge is 1.97. The summed E-state index contributed by atoms with van der Waals surface area (Å²) in [5.74, 6) is -0.118. The third kappa shape index (κ3) is 8.81. The molecule has 0 bridgehead atoms. The Labute approximate surface area is 77.8 Å². The number of rotatable bonds is 8. The SMILES string of the molecule is CCOCC(=O)NCCCNC=O. The first-order chi connectivity index (χ1) is 6.31. The third-order valence-electron chi connectivity index (χ3n) is 1.34. The number of carbonyl (C=O) groups excluding carboxylic acids is 2. The van der Waals surface area contributed by atoms with E-state index in [0.29, 0.717) is 26.1 Å². The van der Waals surface area contributed by atoms with Crippen LogP contribution in [0.3, 0.4) is 0 Å². The van der Waals surface area contributed by atoms with Crippen LogP contribution in [0.15, 0.2) is 0 Å². The lowest BCUT2D eigenvalue weighted by Crippen LogP contribution is -2.30. The maximum Gasteiger partial charge on any atom is 0.245 e. The number of ether oxygens (including phenoxy) is 1. The van der Waals surface area contributed by atoms with Gasteiger partial charge in [0.25, 0.3) is 0 Å². The zero-order valence-corrected chi connectivity index (χ0v) is 7.84. The lowest BCUT2D eigenvalue weighted by atomic mass is 10.4. The minimum atomic E-state index is -0.118. The van der Waals surface area contributed by atoms with Crippen molar-refractivity contribution >= 4 is 12.3 Å². The van der Waals surface area contributed by atoms with Gasteiger partial charge in [-0.2, -0.15) is 0 Å². The predicted octanol–water partition coefficient (Wildman–Crippen LogP) is -0.725. The fraction of sp³-hybridized carbons (Fsp3) is 0.750. The van der Waals surface area contributed by atoms with E-state index in [2.05, 4.69) is 10.6 Å². The van der Waals surface area contributed by atoms with Gasteiger partial charge >= 0.3 is 0 Å². The summed E-state index contributed by atoms with van der Waals surface area (Å²) >= 11 is 0. The molecule has 13 heavy (non-hydrogen) atoms. The van der Waals surface area contributed by atoms with E-state index >= 15 is 0 Å². The molecular formula is C8H16N2O3. The molecule has 2 N–H and O–H groups in total. The summed E-state index contributed by atoms with van der Waals surface area (Å²) in [4.78, 5) is 20.7. The van der Waals surface area contributed by atoms with Gasteiger partial charge in [-0.15, -0.1) is 0 Å². The molecule has 0 unspecified atom stereocenters. The van der Waals surface area contributed by atoms with E-state index in [1.54, 1.807) is 0 Å². The van der Waals surface area contributed by atoms with Crippen molar-refractivity contribution in [2.45, 2.75) is 13.3 Å². The average Bonchev–Trinajstić information content (AvgIpc) is 2.14. The number of hydrogen-bond acceptors (Lipinski definition) is 3. The molecule has 0 aromatic carbocycles. The second-order valence-corrected chi connectivity index (χ2v) is 2.41. The molecule has 0 radical (unpaired) electrons. The minimum Gasteiger partial charge on any atom is -0.372 e. The van der Waals surface area contributed by atoms with Crippen molar-refractivity contribution in [1.29, 1.82) is 0 Å². The first-order valence-corrected chi connectivity index (χ1v) is 4.32. The second kappa shape index (κ2) is 8.99. The molecule has 5 nitrogen and oxygen atoms in total. The normalized spacial score (nSPS) is 9.31. The Morgan fingerprint density at radius 3 is 2.85 bits per heavy atom. The van der Waals surface area contributed by atoms with Crippen LogP contribution in [0.2, 0.25) is 0 Å². The largest absolute Gasteiger partial charge is 0.372 e. The summed E-state index contributed by atoms with van der Waals surface area (Å²) in [5, 5.41) is 5.16. The smallest absolute Gasteiger partial charge is 0.245 e. The summed E-state index contributed by atoms with van der Waals surface area (Å²) < 4.78 is 4.89. The van der Waals surface area contributed by atoms with Gasteiger partial charge in [0, 0.05) is 19.7 Å². The van der Waals surface area contributed by atoms with Gasteiger partial charge in [-0.3, -0.25) is 9.59 Å². The van der Waals surface area contributed by atoms with Crippen molar-refractivity contribution in [3.05, 3.63) is 0 Å². The monoisotopic (exact) mass is 188 g/mol. The molecule has 5 heteroatoms. The molecule has 0 aromatic rings. The highest BCUT2D eigenvalue weighted by Crippen LogP contribution is 1.76. The van der Waals surface area contributed by atoms with E-state index in [9.17, 15) is 9.59 Å². The molecule has 0 spiro atoms. The van der Waals surface area contributed by atoms with Gasteiger partial charge in [-0.25, -0.2) is 0 Å². The average molecular weight is 188 g/mol. The maximum absolute atomic E-state index is 10.9. The fourth-order valence-electron chi connectivity index (χ4n) is 0.723. The fourth-order valence-corrected chi connectivity index (χ4v) is 0.723. The van der Waals surface area contributed by atoms with Crippen molar-refractivity contribution in [1.82, 2.24) is 10.6 Å². The molecule has 0 saturated carbocycles. The van der Waals surface area contributed by atoms with E-state index in [1.807, 2.05) is 6.92 Å². The van der Waals surface area contributed by atoms with Crippen LogP contribution in [0.25, 0.3) is 0 Å². The van der Waals surface area contributed by atoms with Crippen LogP contribution in [-0.4, -0.2) is 38.6 Å². The van der Waals surface area contributed by atoms with Crippen molar-refractivity contribution in [3.8, 4) is 0 Å². The number of hydrogen-bond donors (Lipinski definition) is 2. The van der Waals surface area contributed by atoms with Gasteiger partial charge in [-0.1, -0.05) is 0 Å². The Balaban J connectivity index is 3.12. The first kappa shape index (κ1) is 11.9. The zero-order valence-electron chi connectivity index (χ0n) is 7.84. The molecule has 0 aliphatic heterocycles. The lowest BCUT2D eigenvalue weighted by Gasteiger charge is -2.04. The highest BCUT2D eigenvalue weighted by molar-refractivity contribution is 5.77. The number of carbonyl (C=O) groups is 2. The standard InChI is InChI=1S/C8H16N2O3/c1-2-13-6-8(12)10-5-3-4-9-7-11/h7H,2-6H2,1H3,(H,9,11)(H,10,12). The molecule has 0 aliphatic rings. The molecular weight excluding hydrogens is 172 g/mol. The Morgan fingerprint density at radius 1 is 1.46 bits per heavy atom. The highest BCUT2D eigenvalue weighted by atomic mass is 16.5. The summed E-state index contributed by atoms with van der Waals surface area (Å²) in [7, 11) is 0. The van der Waals surface area contributed by atoms with E-state index < -0.39 is 0 Å². The van der Waals surface area contributed by atoms with Gasteiger partial charge in [0.2, 0.25) is 12.3 Å². The van der Waals surface area contributed by atoms with Crippen molar-refractivity contribution in [2.75, 3.05) is 26.3 Å². The maximum atomic E-state index is 10.9. The lowest BCUT2D eigenvalue weighted by molar-refractivity contribution is -0.125. The van der Waals surface area contributed by atoms with Gasteiger partial charge < -0.3 is 15.4 Å². The van der Waals surface area contributed by atoms with E-state index in [4.69, 9.17) is 4.74 Å². The van der Waals surface area contributed by atoms with Crippen LogP contribution in [0.1, 0.15) is 13.3 Å². The van der Waals surface area contributed by atoms with Gasteiger partial charge in [0.05, 0.1) is 0 Å². The molecule has 0 atom stereocenters. The molecule has 0 aliphatic carbocycles. The topological polar surface area (TPSA) is 67.4 Å². The summed E-state index contributed by atoms with van der Waals surface area (Å²) in [6.45, 7) is 3.63. The van der Waals surface area contributed by atoms with Crippen molar-refractivity contribution < 1.29 is 14.3 Å². The Bertz CT molecular complexity index is 150. The van der Waals surface area contributed by atoms with Gasteiger partial charge in [0.15, 0.2) is 0 Å². The zero-order chi connectivity index (χ0) is 9.94. The number of nitrogens with one attached hydrogen (secondary N) is 2. The molecule has 0 saturated heterocycles. The quantitative estimate of drug-likeness (QED) is 0.390. The molecule has 76 valence electrons. The Morgan fingerprint density at radius 2 is 2.23 bits per heavy atom. The van der Waals surface area contributed by atoms with Gasteiger partial charge in [0.1, 0.15) is 6.61 Å². The minimum absolute atomic E-state index is 0.109. The summed E-state index contributed by atoms with van der Waals surface area (Å²) in [6, 6.07) is 0. The Kier molecular flexibility index (Phi) is 8.23. The van der Waals surface area contributed by atoms with Crippen LogP contribution in [0, 0.1) is 0 Å². The van der Waals surface area contributed by atoms with Crippen LogP contribution in [0.5, 0.6) is 0 Å². The van der Waals surface area contributed by atoms with Crippen LogP contribution < -0.4 is 10.6 Å². The van der Waals surface area contributed by atoms with Crippen LogP contribution in [0.4, 0.5) is 0 Å². The van der Waals surface area contributed by atoms with Crippen LogP contribution in [-0.2, 0) is 14.3 Å². The summed E-state index contributed by atoms with van der Waals surface area (Å²) in [5.41, 5.74) is 0. The molecule has 2 amide bonds. The van der Waals surface area contributed by atoms with E-state index in [-0.39, 0.29) is 12.5 Å². The Hall–Kier alpha value is -1.10. The predicted molar refractivity (Wildman–Crippen MR) is 48.2 cm³/mol. The van der Waals surface area contributed by atoms with Crippen molar-refractivity contribution in [3.63, 3.8) is 0 Å². The second-order valence-electron chi connectivity index (χ2n) is 2.41. The van der Waals surface area contributed by atoms with Gasteiger partial charge in [-0.05, 0) is 13.3 Å². The summed E-state index contributed by atoms with van der Waals surface area (Å²) in [6.07, 6.45) is 1.37.